The molecule has 1 fully saturated rings. The highest BCUT2D eigenvalue weighted by Crippen LogP contribution is 2.09. The minimum atomic E-state index is -0.0302. The smallest absolute Gasteiger partial charge is 0.221 e. The van der Waals surface area contributed by atoms with Crippen LogP contribution in [0.3, 0.4) is 0 Å². The molecule has 1 amide bonds. The van der Waals surface area contributed by atoms with Crippen molar-refractivity contribution in [2.45, 2.75) is 32.7 Å². The lowest BCUT2D eigenvalue weighted by molar-refractivity contribution is -0.114. The Morgan fingerprint density at radius 1 is 1.15 bits per heavy atom. The number of amides is 1. The van der Waals surface area contributed by atoms with E-state index in [1.54, 1.807) is 0 Å². The summed E-state index contributed by atoms with van der Waals surface area (Å²) in [4.78, 5) is 13.5. The summed E-state index contributed by atoms with van der Waals surface area (Å²) < 4.78 is 0. The van der Waals surface area contributed by atoms with Crippen molar-refractivity contribution in [2.75, 3.05) is 31.5 Å². The van der Waals surface area contributed by atoms with Crippen molar-refractivity contribution in [1.29, 1.82) is 0 Å². The first-order valence-corrected chi connectivity index (χ1v) is 7.53. The quantitative estimate of drug-likeness (QED) is 0.782. The fourth-order valence-electron chi connectivity index (χ4n) is 2.56. The summed E-state index contributed by atoms with van der Waals surface area (Å²) in [5, 5.41) is 6.26. The Morgan fingerprint density at radius 3 is 2.50 bits per heavy atom. The number of nitrogens with one attached hydrogen (secondary N) is 2. The number of benzene rings is 1. The van der Waals surface area contributed by atoms with Crippen LogP contribution in [-0.4, -0.2) is 37.0 Å². The molecule has 4 nitrogen and oxygen atoms in total. The minimum Gasteiger partial charge on any atom is -0.326 e. The van der Waals surface area contributed by atoms with E-state index in [-0.39, 0.29) is 5.91 Å². The van der Waals surface area contributed by atoms with Crippen LogP contribution in [0.1, 0.15) is 31.7 Å². The second kappa shape index (κ2) is 8.02. The molecule has 110 valence electrons. The molecule has 0 spiro atoms. The van der Waals surface area contributed by atoms with Crippen molar-refractivity contribution >= 4 is 11.6 Å². The molecule has 1 heterocycles. The van der Waals surface area contributed by atoms with Gasteiger partial charge in [-0.25, -0.2) is 0 Å². The van der Waals surface area contributed by atoms with Crippen LogP contribution < -0.4 is 10.6 Å². The Morgan fingerprint density at radius 2 is 1.85 bits per heavy atom. The Bertz CT molecular complexity index is 410. The average molecular weight is 275 g/mol. The molecule has 20 heavy (non-hydrogen) atoms. The number of rotatable bonds is 6. The van der Waals surface area contributed by atoms with Gasteiger partial charge in [0.1, 0.15) is 0 Å². The molecule has 0 atom stereocenters. The maximum atomic E-state index is 10.9. The fraction of sp³-hybridized carbons (Fsp3) is 0.562. The molecule has 0 radical (unpaired) electrons. The fourth-order valence-corrected chi connectivity index (χ4v) is 2.56. The van der Waals surface area contributed by atoms with Gasteiger partial charge < -0.3 is 15.5 Å². The highest BCUT2D eigenvalue weighted by molar-refractivity contribution is 5.88. The van der Waals surface area contributed by atoms with Crippen LogP contribution in [0.15, 0.2) is 24.3 Å². The third-order valence-corrected chi connectivity index (χ3v) is 3.66. The van der Waals surface area contributed by atoms with Crippen molar-refractivity contribution in [1.82, 2.24) is 10.2 Å². The van der Waals surface area contributed by atoms with E-state index in [9.17, 15) is 4.79 Å². The minimum absolute atomic E-state index is 0.0302. The predicted octanol–water partition coefficient (Wildman–Crippen LogP) is 2.22. The molecule has 0 bridgehead atoms. The average Bonchev–Trinajstić information content (AvgIpc) is 2.46. The Hall–Kier alpha value is -1.39. The highest BCUT2D eigenvalue weighted by Gasteiger charge is 2.08. The third kappa shape index (κ3) is 5.31. The molecular formula is C16H25N3O. The van der Waals surface area contributed by atoms with Crippen LogP contribution in [-0.2, 0) is 11.3 Å². The molecule has 1 aromatic rings. The molecule has 2 N–H and O–H groups in total. The van der Waals surface area contributed by atoms with E-state index in [0.717, 1.165) is 25.3 Å². The van der Waals surface area contributed by atoms with Crippen LogP contribution in [0.4, 0.5) is 5.69 Å². The van der Waals surface area contributed by atoms with Crippen molar-refractivity contribution in [2.24, 2.45) is 0 Å². The van der Waals surface area contributed by atoms with E-state index < -0.39 is 0 Å². The first-order chi connectivity index (χ1) is 9.74. The molecule has 1 aliphatic heterocycles. The van der Waals surface area contributed by atoms with Crippen molar-refractivity contribution in [3.05, 3.63) is 29.8 Å². The van der Waals surface area contributed by atoms with Crippen molar-refractivity contribution < 1.29 is 4.79 Å². The van der Waals surface area contributed by atoms with Gasteiger partial charge in [0.15, 0.2) is 0 Å². The summed E-state index contributed by atoms with van der Waals surface area (Å²) in [6.07, 6.45) is 4.10. The van der Waals surface area contributed by atoms with Gasteiger partial charge in [-0.15, -0.1) is 0 Å². The standard InChI is InChI=1S/C16H25N3O/c1-14(20)18-16-7-5-15(6-8-16)13-17-9-12-19-10-3-2-4-11-19/h5-8,17H,2-4,9-13H2,1H3,(H,18,20). The summed E-state index contributed by atoms with van der Waals surface area (Å²) in [6, 6.07) is 8.00. The number of carbonyl (C=O) groups excluding carboxylic acids is 1. The van der Waals surface area contributed by atoms with Crippen LogP contribution >= 0.6 is 0 Å². The van der Waals surface area contributed by atoms with Crippen LogP contribution in [0.2, 0.25) is 0 Å². The van der Waals surface area contributed by atoms with Crippen molar-refractivity contribution in [3.63, 3.8) is 0 Å². The van der Waals surface area contributed by atoms with Crippen LogP contribution in [0, 0.1) is 0 Å². The van der Waals surface area contributed by atoms with E-state index in [2.05, 4.69) is 27.7 Å². The van der Waals surface area contributed by atoms with Gasteiger partial charge in [-0.3, -0.25) is 4.79 Å². The van der Waals surface area contributed by atoms with Crippen LogP contribution in [0.5, 0.6) is 0 Å². The highest BCUT2D eigenvalue weighted by atomic mass is 16.1. The lowest BCUT2D eigenvalue weighted by atomic mass is 10.1. The normalized spacial score (nSPS) is 16.1. The summed E-state index contributed by atoms with van der Waals surface area (Å²) >= 11 is 0. The SMILES string of the molecule is CC(=O)Nc1ccc(CNCCN2CCCCC2)cc1. The monoisotopic (exact) mass is 275 g/mol. The lowest BCUT2D eigenvalue weighted by Gasteiger charge is -2.26. The zero-order valence-electron chi connectivity index (χ0n) is 12.3. The summed E-state index contributed by atoms with van der Waals surface area (Å²) in [7, 11) is 0. The molecule has 1 aliphatic rings. The summed E-state index contributed by atoms with van der Waals surface area (Å²) in [5.74, 6) is -0.0302. The topological polar surface area (TPSA) is 44.4 Å². The molecule has 0 aromatic heterocycles. The van der Waals surface area contributed by atoms with E-state index in [0.29, 0.717) is 0 Å². The number of piperidine rings is 1. The van der Waals surface area contributed by atoms with Crippen molar-refractivity contribution in [3.8, 4) is 0 Å². The Kier molecular flexibility index (Phi) is 6.02. The van der Waals surface area contributed by atoms with E-state index in [1.807, 2.05) is 12.1 Å². The molecule has 0 saturated carbocycles. The zero-order valence-corrected chi connectivity index (χ0v) is 12.3. The van der Waals surface area contributed by atoms with Gasteiger partial charge in [0.25, 0.3) is 0 Å². The van der Waals surface area contributed by atoms with Gasteiger partial charge in [-0.05, 0) is 43.6 Å². The zero-order chi connectivity index (χ0) is 14.2. The number of hydrogen-bond donors (Lipinski definition) is 2. The Balaban J connectivity index is 1.64. The first-order valence-electron chi connectivity index (χ1n) is 7.53. The van der Waals surface area contributed by atoms with Crippen LogP contribution in [0.25, 0.3) is 0 Å². The first kappa shape index (κ1) is 15.0. The van der Waals surface area contributed by atoms with E-state index >= 15 is 0 Å². The number of anilines is 1. The van der Waals surface area contributed by atoms with Gasteiger partial charge >= 0.3 is 0 Å². The maximum Gasteiger partial charge on any atom is 0.221 e. The Labute approximate surface area is 121 Å². The van der Waals surface area contributed by atoms with Gasteiger partial charge in [-0.1, -0.05) is 18.6 Å². The van der Waals surface area contributed by atoms with Gasteiger partial charge in [0, 0.05) is 32.2 Å². The lowest BCUT2D eigenvalue weighted by Crippen LogP contribution is -2.35. The van der Waals surface area contributed by atoms with Gasteiger partial charge in [-0.2, -0.15) is 0 Å². The molecule has 1 saturated heterocycles. The molecule has 0 aliphatic carbocycles. The second-order valence-corrected chi connectivity index (χ2v) is 5.46. The molecule has 2 rings (SSSR count). The van der Waals surface area contributed by atoms with E-state index in [4.69, 9.17) is 0 Å². The number of likely N-dealkylation sites (tertiary alicyclic amines) is 1. The maximum absolute atomic E-state index is 10.9. The molecule has 1 aromatic carbocycles. The number of hydrogen-bond acceptors (Lipinski definition) is 3. The number of nitrogens with zero attached hydrogens (tertiary/aromatic N) is 1. The largest absolute Gasteiger partial charge is 0.326 e. The number of carbonyl (C=O) groups is 1. The van der Waals surface area contributed by atoms with E-state index in [1.165, 1.54) is 44.8 Å². The summed E-state index contributed by atoms with van der Waals surface area (Å²) in [5.41, 5.74) is 2.10. The third-order valence-electron chi connectivity index (χ3n) is 3.66. The van der Waals surface area contributed by atoms with Gasteiger partial charge in [0.2, 0.25) is 5.91 Å². The predicted molar refractivity (Wildman–Crippen MR) is 82.7 cm³/mol. The molecular weight excluding hydrogens is 250 g/mol. The molecule has 0 unspecified atom stereocenters. The summed E-state index contributed by atoms with van der Waals surface area (Å²) in [6.45, 7) is 7.10. The molecule has 4 heteroatoms. The second-order valence-electron chi connectivity index (χ2n) is 5.46. The van der Waals surface area contributed by atoms with Gasteiger partial charge in [0.05, 0.1) is 0 Å².